The number of aliphatic hydroxyl groups is 1. The summed E-state index contributed by atoms with van der Waals surface area (Å²) in [6.45, 7) is 5.39. The van der Waals surface area contributed by atoms with E-state index in [2.05, 4.69) is 10.2 Å². The number of carbonyl (C=O) groups excluding carboxylic acids is 2. The predicted octanol–water partition coefficient (Wildman–Crippen LogP) is 0.804. The van der Waals surface area contributed by atoms with E-state index in [1.54, 1.807) is 4.90 Å². The Kier molecular flexibility index (Phi) is 9.45. The number of nitrogens with one attached hydrogen (secondary N) is 1. The number of benzene rings is 1. The Bertz CT molecular complexity index is 835. The van der Waals surface area contributed by atoms with Crippen LogP contribution in [0.1, 0.15) is 36.0 Å². The third kappa shape index (κ3) is 7.44. The van der Waals surface area contributed by atoms with Crippen LogP contribution in [0.3, 0.4) is 0 Å². The van der Waals surface area contributed by atoms with Gasteiger partial charge in [0, 0.05) is 31.7 Å². The topological polar surface area (TPSA) is 101 Å². The molecule has 4 atom stereocenters. The summed E-state index contributed by atoms with van der Waals surface area (Å²) in [6.07, 6.45) is 0.912. The minimum Gasteiger partial charge on any atom is -0.389 e. The summed E-state index contributed by atoms with van der Waals surface area (Å²) in [5, 5.41) is 13.3. The highest BCUT2D eigenvalue weighted by molar-refractivity contribution is 5.94. The number of aliphatic hydroxyl groups excluding tert-OH is 1. The molecule has 0 spiro atoms. The molecule has 2 N–H and O–H groups in total. The number of fused-ring (bicyclic) bond motifs is 1. The van der Waals surface area contributed by atoms with Crippen molar-refractivity contribution in [3.8, 4) is 0 Å². The molecule has 1 aromatic carbocycles. The molecule has 0 radical (unpaired) electrons. The van der Waals surface area contributed by atoms with Gasteiger partial charge in [-0.2, -0.15) is 0 Å². The van der Waals surface area contributed by atoms with Crippen molar-refractivity contribution in [1.82, 2.24) is 15.1 Å². The molecule has 1 aromatic rings. The van der Waals surface area contributed by atoms with Crippen LogP contribution in [0.5, 0.6) is 0 Å². The Labute approximate surface area is 205 Å². The van der Waals surface area contributed by atoms with Crippen LogP contribution in [0.4, 0.5) is 4.39 Å². The van der Waals surface area contributed by atoms with E-state index in [4.69, 9.17) is 14.2 Å². The maximum atomic E-state index is 13.3. The summed E-state index contributed by atoms with van der Waals surface area (Å²) < 4.78 is 30.5. The van der Waals surface area contributed by atoms with Gasteiger partial charge < -0.3 is 29.5 Å². The van der Waals surface area contributed by atoms with Crippen molar-refractivity contribution in [1.29, 1.82) is 0 Å². The van der Waals surface area contributed by atoms with Crippen LogP contribution in [0.15, 0.2) is 24.3 Å². The van der Waals surface area contributed by atoms with Crippen LogP contribution in [0.25, 0.3) is 0 Å². The molecule has 3 aliphatic heterocycles. The van der Waals surface area contributed by atoms with Crippen molar-refractivity contribution in [2.75, 3.05) is 59.2 Å². The number of rotatable bonds is 7. The van der Waals surface area contributed by atoms with E-state index in [1.165, 1.54) is 24.3 Å². The van der Waals surface area contributed by atoms with Crippen molar-refractivity contribution in [2.24, 2.45) is 0 Å². The minimum atomic E-state index is -0.818. The second-order valence-corrected chi connectivity index (χ2v) is 9.46. The Morgan fingerprint density at radius 1 is 1.09 bits per heavy atom. The average Bonchev–Trinajstić information content (AvgIpc) is 2.85. The third-order valence-corrected chi connectivity index (χ3v) is 6.82. The van der Waals surface area contributed by atoms with Crippen molar-refractivity contribution in [3.05, 3.63) is 35.6 Å². The molecule has 4 rings (SSSR count). The molecule has 0 aromatic heterocycles. The highest BCUT2D eigenvalue weighted by atomic mass is 19.1. The number of carbonyl (C=O) groups is 2. The van der Waals surface area contributed by atoms with Gasteiger partial charge in [0.25, 0.3) is 5.91 Å². The highest BCUT2D eigenvalue weighted by Crippen LogP contribution is 2.28. The van der Waals surface area contributed by atoms with Crippen molar-refractivity contribution >= 4 is 11.8 Å². The molecule has 0 unspecified atom stereocenters. The van der Waals surface area contributed by atoms with Gasteiger partial charge in [0.05, 0.1) is 51.1 Å². The van der Waals surface area contributed by atoms with Crippen LogP contribution < -0.4 is 5.32 Å². The van der Waals surface area contributed by atoms with Gasteiger partial charge in [0.15, 0.2) is 0 Å². The van der Waals surface area contributed by atoms with Crippen LogP contribution >= 0.6 is 0 Å². The lowest BCUT2D eigenvalue weighted by atomic mass is 9.94. The molecule has 3 aliphatic rings. The minimum absolute atomic E-state index is 0.0446. The number of morpholine rings is 1. The largest absolute Gasteiger partial charge is 0.389 e. The van der Waals surface area contributed by atoms with Gasteiger partial charge >= 0.3 is 0 Å². The maximum Gasteiger partial charge on any atom is 0.254 e. The molecule has 10 heteroatoms. The highest BCUT2D eigenvalue weighted by Gasteiger charge is 2.40. The van der Waals surface area contributed by atoms with Crippen LogP contribution in [0.2, 0.25) is 0 Å². The molecule has 0 aliphatic carbocycles. The quantitative estimate of drug-likeness (QED) is 0.542. The molecule has 3 heterocycles. The van der Waals surface area contributed by atoms with Crippen LogP contribution in [-0.4, -0.2) is 110 Å². The standard InChI is InChI=1S/C25H36FN3O6/c26-19-4-2-18(3-5-19)25(32)29-15-20(30)16-34-17-23-22(29)7-6-21(35-23)14-24(31)27-8-1-9-28-10-12-33-13-11-28/h2-5,20-23,30H,1,6-17H2,(H,27,31)/t20-,21-,22-,23+/m0/s1. The molecule has 194 valence electrons. The fourth-order valence-corrected chi connectivity index (χ4v) is 4.97. The van der Waals surface area contributed by atoms with E-state index in [0.717, 1.165) is 39.3 Å². The summed E-state index contributed by atoms with van der Waals surface area (Å²) >= 11 is 0. The van der Waals surface area contributed by atoms with Gasteiger partial charge in [-0.3, -0.25) is 14.5 Å². The van der Waals surface area contributed by atoms with Gasteiger partial charge in [-0.15, -0.1) is 0 Å². The molecule has 2 amide bonds. The number of ether oxygens (including phenoxy) is 3. The second-order valence-electron chi connectivity index (χ2n) is 9.46. The maximum absolute atomic E-state index is 13.3. The second kappa shape index (κ2) is 12.7. The number of halogens is 1. The zero-order valence-electron chi connectivity index (χ0n) is 20.1. The van der Waals surface area contributed by atoms with Crippen LogP contribution in [-0.2, 0) is 19.0 Å². The number of hydrogen-bond acceptors (Lipinski definition) is 7. The van der Waals surface area contributed by atoms with E-state index in [-0.39, 0.29) is 50.1 Å². The summed E-state index contributed by atoms with van der Waals surface area (Å²) in [5.41, 5.74) is 0.359. The predicted molar refractivity (Wildman–Crippen MR) is 125 cm³/mol. The van der Waals surface area contributed by atoms with Crippen LogP contribution in [0, 0.1) is 5.82 Å². The fraction of sp³-hybridized carbons (Fsp3) is 0.680. The third-order valence-electron chi connectivity index (χ3n) is 6.82. The van der Waals surface area contributed by atoms with E-state index in [9.17, 15) is 19.1 Å². The van der Waals surface area contributed by atoms with Crippen molar-refractivity contribution in [3.63, 3.8) is 0 Å². The summed E-state index contributed by atoms with van der Waals surface area (Å²) in [6, 6.07) is 5.10. The summed E-state index contributed by atoms with van der Waals surface area (Å²) in [4.78, 5) is 29.7. The van der Waals surface area contributed by atoms with E-state index < -0.39 is 18.0 Å². The summed E-state index contributed by atoms with van der Waals surface area (Å²) in [7, 11) is 0. The SMILES string of the molecule is O=C(C[C@@H]1CC[C@H]2[C@@H](COC[C@@H](O)CN2C(=O)c2ccc(F)cc2)O1)NCCCN1CCOCC1. The average molecular weight is 494 g/mol. The first-order chi connectivity index (χ1) is 17.0. The van der Waals surface area contributed by atoms with Gasteiger partial charge in [0.1, 0.15) is 11.9 Å². The van der Waals surface area contributed by atoms with E-state index in [1.807, 2.05) is 0 Å². The summed E-state index contributed by atoms with van der Waals surface area (Å²) in [5.74, 6) is -0.735. The normalized spacial score (nSPS) is 28.0. The molecular weight excluding hydrogens is 457 g/mol. The lowest BCUT2D eigenvalue weighted by Gasteiger charge is -2.44. The first-order valence-corrected chi connectivity index (χ1v) is 12.5. The molecule has 3 fully saturated rings. The number of amides is 2. The van der Waals surface area contributed by atoms with Crippen molar-refractivity contribution in [2.45, 2.75) is 50.0 Å². The smallest absolute Gasteiger partial charge is 0.254 e. The molecule has 0 saturated carbocycles. The number of nitrogens with zero attached hydrogens (tertiary/aromatic N) is 2. The lowest BCUT2D eigenvalue weighted by Crippen LogP contribution is -2.57. The molecule has 9 nitrogen and oxygen atoms in total. The molecule has 3 saturated heterocycles. The van der Waals surface area contributed by atoms with Crippen molar-refractivity contribution < 1.29 is 33.3 Å². The Morgan fingerprint density at radius 3 is 2.63 bits per heavy atom. The van der Waals surface area contributed by atoms with Gasteiger partial charge in [-0.25, -0.2) is 4.39 Å². The number of β-amino-alcohol motifs (C(OH)–C–C–N with tert-alkyl or cyclic N) is 1. The first-order valence-electron chi connectivity index (χ1n) is 12.5. The van der Waals surface area contributed by atoms with Gasteiger partial charge in [-0.1, -0.05) is 0 Å². The zero-order chi connectivity index (χ0) is 24.6. The Hall–Kier alpha value is -2.11. The Morgan fingerprint density at radius 2 is 1.86 bits per heavy atom. The lowest BCUT2D eigenvalue weighted by molar-refractivity contribution is -0.150. The first kappa shape index (κ1) is 26.0. The molecular formula is C25H36FN3O6. The number of hydrogen-bond donors (Lipinski definition) is 2. The Balaban J connectivity index is 1.28. The van der Waals surface area contributed by atoms with Gasteiger partial charge in [0.2, 0.25) is 5.91 Å². The molecule has 35 heavy (non-hydrogen) atoms. The zero-order valence-corrected chi connectivity index (χ0v) is 20.1. The van der Waals surface area contributed by atoms with E-state index >= 15 is 0 Å². The van der Waals surface area contributed by atoms with E-state index in [0.29, 0.717) is 24.9 Å². The van der Waals surface area contributed by atoms with Gasteiger partial charge in [-0.05, 0) is 50.1 Å². The fourth-order valence-electron chi connectivity index (χ4n) is 4.97. The monoisotopic (exact) mass is 493 g/mol. The molecule has 0 bridgehead atoms.